The molecular weight excluding hydrogens is 350 g/mol. The molecule has 2 aromatic rings. The van der Waals surface area contributed by atoms with Crippen LogP contribution in [0.3, 0.4) is 0 Å². The second kappa shape index (κ2) is 5.82. The second-order valence-electron chi connectivity index (χ2n) is 5.48. The highest BCUT2D eigenvalue weighted by Gasteiger charge is 2.27. The fraction of sp³-hybridized carbons (Fsp3) is 0.235. The van der Waals surface area contributed by atoms with Gasteiger partial charge in [-0.25, -0.2) is 0 Å². The molecule has 108 valence electrons. The van der Waals surface area contributed by atoms with Crippen LogP contribution in [0.2, 0.25) is 5.02 Å². The lowest BCUT2D eigenvalue weighted by atomic mass is 9.93. The van der Waals surface area contributed by atoms with Gasteiger partial charge in [0.15, 0.2) is 0 Å². The van der Waals surface area contributed by atoms with Crippen LogP contribution in [0.1, 0.15) is 22.8 Å². The number of carbonyl (C=O) groups is 1. The van der Waals surface area contributed by atoms with Crippen LogP contribution in [0.25, 0.3) is 0 Å². The van der Waals surface area contributed by atoms with Crippen molar-refractivity contribution in [3.63, 3.8) is 0 Å². The Labute approximate surface area is 137 Å². The van der Waals surface area contributed by atoms with Crippen molar-refractivity contribution in [2.24, 2.45) is 5.92 Å². The first kappa shape index (κ1) is 14.6. The largest absolute Gasteiger partial charge is 0.308 e. The van der Waals surface area contributed by atoms with Crippen LogP contribution < -0.4 is 4.90 Å². The molecule has 0 bridgehead atoms. The molecule has 0 aliphatic carbocycles. The maximum atomic E-state index is 12.9. The molecule has 4 heteroatoms. The molecule has 2 aromatic carbocycles. The number of para-hydroxylation sites is 1. The van der Waals surface area contributed by atoms with Crippen molar-refractivity contribution >= 4 is 39.1 Å². The zero-order chi connectivity index (χ0) is 15.0. The van der Waals surface area contributed by atoms with Gasteiger partial charge in [0.2, 0.25) is 0 Å². The van der Waals surface area contributed by atoms with Gasteiger partial charge in [-0.2, -0.15) is 0 Å². The third-order valence-corrected chi connectivity index (χ3v) is 4.57. The highest BCUT2D eigenvalue weighted by molar-refractivity contribution is 9.10. The molecule has 0 aromatic heterocycles. The summed E-state index contributed by atoms with van der Waals surface area (Å²) in [7, 11) is 0. The number of hydrogen-bond donors (Lipinski definition) is 0. The van der Waals surface area contributed by atoms with E-state index in [0.717, 1.165) is 23.1 Å². The lowest BCUT2D eigenvalue weighted by molar-refractivity contribution is 0.0981. The van der Waals surface area contributed by atoms with Gasteiger partial charge in [0, 0.05) is 16.7 Å². The van der Waals surface area contributed by atoms with E-state index in [1.807, 2.05) is 29.2 Å². The Bertz CT molecular complexity index is 701. The summed E-state index contributed by atoms with van der Waals surface area (Å²) in [6.07, 6.45) is 1.01. The first-order valence-electron chi connectivity index (χ1n) is 6.91. The van der Waals surface area contributed by atoms with Crippen LogP contribution in [0, 0.1) is 5.92 Å². The molecule has 3 rings (SSSR count). The van der Waals surface area contributed by atoms with Gasteiger partial charge in [-0.3, -0.25) is 4.79 Å². The van der Waals surface area contributed by atoms with Gasteiger partial charge < -0.3 is 4.90 Å². The monoisotopic (exact) mass is 363 g/mol. The molecule has 2 nitrogen and oxygen atoms in total. The molecule has 0 saturated heterocycles. The minimum Gasteiger partial charge on any atom is -0.308 e. The van der Waals surface area contributed by atoms with E-state index in [-0.39, 0.29) is 5.91 Å². The molecule has 0 fully saturated rings. The number of fused-ring (bicyclic) bond motifs is 1. The summed E-state index contributed by atoms with van der Waals surface area (Å²) in [6, 6.07) is 13.5. The molecule has 1 aliphatic rings. The van der Waals surface area contributed by atoms with E-state index < -0.39 is 0 Å². The van der Waals surface area contributed by atoms with Crippen molar-refractivity contribution in [2.75, 3.05) is 11.4 Å². The van der Waals surface area contributed by atoms with Crippen LogP contribution in [0.4, 0.5) is 5.69 Å². The fourth-order valence-electron chi connectivity index (χ4n) is 2.80. The summed E-state index contributed by atoms with van der Waals surface area (Å²) in [4.78, 5) is 14.7. The third kappa shape index (κ3) is 2.85. The van der Waals surface area contributed by atoms with E-state index in [0.29, 0.717) is 16.5 Å². The van der Waals surface area contributed by atoms with Crippen LogP contribution >= 0.6 is 27.5 Å². The molecule has 0 N–H and O–H groups in total. The van der Waals surface area contributed by atoms with E-state index in [1.54, 1.807) is 12.1 Å². The Hall–Kier alpha value is -1.32. The molecule has 1 amide bonds. The summed E-state index contributed by atoms with van der Waals surface area (Å²) < 4.78 is 0.855. The van der Waals surface area contributed by atoms with Crippen molar-refractivity contribution < 1.29 is 4.79 Å². The standard InChI is InChI=1S/C17H15BrClNO/c1-11-8-12-4-2-3-5-16(12)20(10-11)17(21)14-9-13(18)6-7-15(14)19/h2-7,9,11H,8,10H2,1H3. The van der Waals surface area contributed by atoms with Gasteiger partial charge in [0.05, 0.1) is 10.6 Å². The number of rotatable bonds is 1. The second-order valence-corrected chi connectivity index (χ2v) is 6.80. The smallest absolute Gasteiger partial charge is 0.259 e. The maximum absolute atomic E-state index is 12.9. The van der Waals surface area contributed by atoms with Crippen molar-refractivity contribution in [3.8, 4) is 0 Å². The SMILES string of the molecule is CC1Cc2ccccc2N(C(=O)c2cc(Br)ccc2Cl)C1. The van der Waals surface area contributed by atoms with E-state index in [2.05, 4.69) is 28.9 Å². The summed E-state index contributed by atoms with van der Waals surface area (Å²) >= 11 is 9.61. The van der Waals surface area contributed by atoms with Gasteiger partial charge >= 0.3 is 0 Å². The number of hydrogen-bond acceptors (Lipinski definition) is 1. The van der Waals surface area contributed by atoms with Crippen molar-refractivity contribution in [3.05, 3.63) is 63.1 Å². The molecule has 21 heavy (non-hydrogen) atoms. The van der Waals surface area contributed by atoms with Crippen LogP contribution in [-0.4, -0.2) is 12.5 Å². The molecular formula is C17H15BrClNO. The molecule has 0 radical (unpaired) electrons. The van der Waals surface area contributed by atoms with E-state index >= 15 is 0 Å². The van der Waals surface area contributed by atoms with E-state index in [4.69, 9.17) is 11.6 Å². The maximum Gasteiger partial charge on any atom is 0.259 e. The third-order valence-electron chi connectivity index (χ3n) is 3.75. The van der Waals surface area contributed by atoms with Crippen molar-refractivity contribution in [1.82, 2.24) is 0 Å². The molecule has 1 heterocycles. The Balaban J connectivity index is 2.04. The zero-order valence-corrected chi connectivity index (χ0v) is 14.0. The number of nitrogens with zero attached hydrogens (tertiary/aromatic N) is 1. The van der Waals surface area contributed by atoms with Crippen LogP contribution in [0.5, 0.6) is 0 Å². The van der Waals surface area contributed by atoms with Gasteiger partial charge in [-0.05, 0) is 42.2 Å². The highest BCUT2D eigenvalue weighted by Crippen LogP contribution is 2.32. The van der Waals surface area contributed by atoms with E-state index in [1.165, 1.54) is 5.56 Å². The Morgan fingerprint density at radius 3 is 2.86 bits per heavy atom. The summed E-state index contributed by atoms with van der Waals surface area (Å²) in [6.45, 7) is 2.89. The number of halogens is 2. The lowest BCUT2D eigenvalue weighted by Gasteiger charge is -2.33. The first-order valence-corrected chi connectivity index (χ1v) is 8.08. The lowest BCUT2D eigenvalue weighted by Crippen LogP contribution is -2.39. The molecule has 0 spiro atoms. The average Bonchev–Trinajstić information content (AvgIpc) is 2.48. The predicted molar refractivity (Wildman–Crippen MR) is 90.1 cm³/mol. The topological polar surface area (TPSA) is 20.3 Å². The quantitative estimate of drug-likeness (QED) is 0.701. The number of anilines is 1. The minimum absolute atomic E-state index is 0.0414. The number of amides is 1. The van der Waals surface area contributed by atoms with Gasteiger partial charge in [0.25, 0.3) is 5.91 Å². The summed E-state index contributed by atoms with van der Waals surface area (Å²) in [5.74, 6) is 0.398. The van der Waals surface area contributed by atoms with Crippen molar-refractivity contribution in [1.29, 1.82) is 0 Å². The number of carbonyl (C=O) groups excluding carboxylic acids is 1. The summed E-state index contributed by atoms with van der Waals surface area (Å²) in [5, 5.41) is 0.485. The van der Waals surface area contributed by atoms with Gasteiger partial charge in [-0.1, -0.05) is 52.7 Å². The van der Waals surface area contributed by atoms with Crippen LogP contribution in [0.15, 0.2) is 46.9 Å². The predicted octanol–water partition coefficient (Wildman–Crippen LogP) is 4.94. The summed E-state index contributed by atoms with van der Waals surface area (Å²) in [5.41, 5.74) is 2.75. The van der Waals surface area contributed by atoms with Gasteiger partial charge in [0.1, 0.15) is 0 Å². The van der Waals surface area contributed by atoms with E-state index in [9.17, 15) is 4.79 Å². The van der Waals surface area contributed by atoms with Gasteiger partial charge in [-0.15, -0.1) is 0 Å². The fourth-order valence-corrected chi connectivity index (χ4v) is 3.36. The Morgan fingerprint density at radius 1 is 1.29 bits per heavy atom. The molecule has 1 unspecified atom stereocenters. The minimum atomic E-state index is -0.0414. The first-order chi connectivity index (χ1) is 10.1. The molecule has 0 saturated carbocycles. The average molecular weight is 365 g/mol. The van der Waals surface area contributed by atoms with Crippen LogP contribution in [-0.2, 0) is 6.42 Å². The van der Waals surface area contributed by atoms with Crippen molar-refractivity contribution in [2.45, 2.75) is 13.3 Å². The molecule has 1 atom stereocenters. The Morgan fingerprint density at radius 2 is 2.05 bits per heavy atom. The molecule has 1 aliphatic heterocycles. The normalized spacial score (nSPS) is 17.5. The number of benzene rings is 2. The zero-order valence-electron chi connectivity index (χ0n) is 11.6. The highest BCUT2D eigenvalue weighted by atomic mass is 79.9. The Kier molecular flexibility index (Phi) is 4.05.